The number of nitrogens with zero attached hydrogens (tertiary/aromatic N) is 3. The van der Waals surface area contributed by atoms with Gasteiger partial charge in [-0.25, -0.2) is 9.40 Å². The summed E-state index contributed by atoms with van der Waals surface area (Å²) in [6.45, 7) is 0.700. The molecule has 4 nitrogen and oxygen atoms in total. The number of rotatable bonds is 7. The number of hydrogen-bond acceptors (Lipinski definition) is 3. The van der Waals surface area contributed by atoms with E-state index in [1.54, 1.807) is 17.1 Å². The van der Waals surface area contributed by atoms with Crippen LogP contribution in [0, 0.1) is 5.82 Å². The fraction of sp³-hybridized carbons (Fsp3) is 0.125. The third kappa shape index (κ3) is 5.73. The Balaban J connectivity index is 1.25. The smallest absolute Gasteiger partial charge is 0.253 e. The number of fused-ring (bicyclic) bond motifs is 1. The van der Waals surface area contributed by atoms with Gasteiger partial charge < -0.3 is 4.57 Å². The number of amides is 1. The number of thioether (sulfide) groups is 1. The van der Waals surface area contributed by atoms with Gasteiger partial charge in [-0.1, -0.05) is 82.1 Å². The molecule has 0 N–H and O–H groups in total. The molecular weight excluding hydrogens is 609 g/mol. The first-order valence-electron chi connectivity index (χ1n) is 12.8. The van der Waals surface area contributed by atoms with Crippen molar-refractivity contribution in [3.8, 4) is 0 Å². The Morgan fingerprint density at radius 3 is 2.45 bits per heavy atom. The molecule has 200 valence electrons. The van der Waals surface area contributed by atoms with Gasteiger partial charge in [0.2, 0.25) is 0 Å². The Hall–Kier alpha value is -3.39. The lowest BCUT2D eigenvalue weighted by atomic mass is 9.98. The second-order valence-electron chi connectivity index (χ2n) is 9.62. The zero-order chi connectivity index (χ0) is 27.6. The van der Waals surface area contributed by atoms with Crippen molar-refractivity contribution in [2.75, 3.05) is 5.75 Å². The van der Waals surface area contributed by atoms with Crippen LogP contribution in [0.2, 0.25) is 5.02 Å². The van der Waals surface area contributed by atoms with Crippen LogP contribution >= 0.6 is 39.3 Å². The van der Waals surface area contributed by atoms with E-state index in [-0.39, 0.29) is 23.5 Å². The van der Waals surface area contributed by atoms with E-state index in [2.05, 4.69) is 38.8 Å². The first-order valence-corrected chi connectivity index (χ1v) is 15.0. The summed E-state index contributed by atoms with van der Waals surface area (Å²) >= 11 is 11.1. The summed E-state index contributed by atoms with van der Waals surface area (Å²) in [5.41, 5.74) is 4.90. The van der Waals surface area contributed by atoms with Gasteiger partial charge in [-0.2, -0.15) is 5.10 Å². The van der Waals surface area contributed by atoms with Gasteiger partial charge in [-0.3, -0.25) is 4.79 Å². The summed E-state index contributed by atoms with van der Waals surface area (Å²) in [6.07, 6.45) is 2.67. The largest absolute Gasteiger partial charge is 0.342 e. The van der Waals surface area contributed by atoms with Crippen LogP contribution in [0.15, 0.2) is 118 Å². The Labute approximate surface area is 249 Å². The summed E-state index contributed by atoms with van der Waals surface area (Å²) < 4.78 is 16.9. The van der Waals surface area contributed by atoms with Crippen molar-refractivity contribution in [2.24, 2.45) is 5.10 Å². The molecule has 0 aliphatic carbocycles. The Morgan fingerprint density at radius 2 is 1.70 bits per heavy atom. The van der Waals surface area contributed by atoms with E-state index in [1.807, 2.05) is 60.7 Å². The minimum absolute atomic E-state index is 0.0963. The topological polar surface area (TPSA) is 37.6 Å². The maximum atomic E-state index is 13.7. The van der Waals surface area contributed by atoms with Crippen molar-refractivity contribution in [2.45, 2.75) is 23.9 Å². The number of para-hydroxylation sites is 1. The average molecular weight is 633 g/mol. The van der Waals surface area contributed by atoms with Crippen molar-refractivity contribution in [3.05, 3.63) is 135 Å². The summed E-state index contributed by atoms with van der Waals surface area (Å²) in [5, 5.41) is 8.16. The predicted molar refractivity (Wildman–Crippen MR) is 164 cm³/mol. The lowest BCUT2D eigenvalue weighted by Crippen LogP contribution is -2.28. The highest BCUT2D eigenvalue weighted by atomic mass is 79.9. The zero-order valence-electron chi connectivity index (χ0n) is 21.3. The fourth-order valence-corrected chi connectivity index (χ4v) is 6.28. The monoisotopic (exact) mass is 631 g/mol. The number of aromatic nitrogens is 1. The number of halogens is 3. The van der Waals surface area contributed by atoms with Crippen LogP contribution in [0.3, 0.4) is 0 Å². The molecule has 1 aliphatic heterocycles. The molecule has 4 aromatic carbocycles. The number of hydrogen-bond donors (Lipinski definition) is 0. The van der Waals surface area contributed by atoms with Gasteiger partial charge in [0.05, 0.1) is 17.5 Å². The van der Waals surface area contributed by atoms with Gasteiger partial charge in [0.1, 0.15) is 5.82 Å². The second kappa shape index (κ2) is 11.6. The van der Waals surface area contributed by atoms with E-state index in [0.717, 1.165) is 42.7 Å². The van der Waals surface area contributed by atoms with Crippen molar-refractivity contribution in [1.29, 1.82) is 0 Å². The molecule has 1 atom stereocenters. The van der Waals surface area contributed by atoms with Gasteiger partial charge in [0.15, 0.2) is 0 Å². The molecule has 40 heavy (non-hydrogen) atoms. The average Bonchev–Trinajstić information content (AvgIpc) is 3.56. The van der Waals surface area contributed by atoms with Crippen molar-refractivity contribution in [3.63, 3.8) is 0 Å². The molecule has 0 radical (unpaired) electrons. The molecule has 2 heterocycles. The molecule has 0 spiro atoms. The summed E-state index contributed by atoms with van der Waals surface area (Å²) in [6, 6.07) is 30.0. The third-order valence-corrected chi connectivity index (χ3v) is 8.78. The van der Waals surface area contributed by atoms with Crippen molar-refractivity contribution >= 4 is 61.8 Å². The van der Waals surface area contributed by atoms with Crippen LogP contribution in [-0.4, -0.2) is 26.9 Å². The van der Waals surface area contributed by atoms with Crippen molar-refractivity contribution in [1.82, 2.24) is 9.58 Å². The number of benzene rings is 4. The minimum Gasteiger partial charge on any atom is -0.342 e. The van der Waals surface area contributed by atoms with E-state index < -0.39 is 0 Å². The van der Waals surface area contributed by atoms with Crippen LogP contribution in [0.25, 0.3) is 10.9 Å². The van der Waals surface area contributed by atoms with Crippen LogP contribution in [0.1, 0.15) is 29.2 Å². The first kappa shape index (κ1) is 26.8. The third-order valence-electron chi connectivity index (χ3n) is 6.97. The van der Waals surface area contributed by atoms with Crippen LogP contribution in [-0.2, 0) is 11.3 Å². The summed E-state index contributed by atoms with van der Waals surface area (Å²) in [4.78, 5) is 14.7. The Bertz CT molecular complexity index is 1700. The SMILES string of the molecule is O=C(CSc1cn(Cc2ccc(Cl)cc2)c2ccccc12)N1N=C(c2ccc(Br)cc2)CC1c1ccc(F)cc1. The second-order valence-corrected chi connectivity index (χ2v) is 12.0. The Morgan fingerprint density at radius 1 is 0.975 bits per heavy atom. The molecule has 0 bridgehead atoms. The highest BCUT2D eigenvalue weighted by Crippen LogP contribution is 2.36. The van der Waals surface area contributed by atoms with E-state index in [0.29, 0.717) is 18.0 Å². The maximum Gasteiger partial charge on any atom is 0.253 e. The van der Waals surface area contributed by atoms with Crippen molar-refractivity contribution < 1.29 is 9.18 Å². The summed E-state index contributed by atoms with van der Waals surface area (Å²) in [5.74, 6) is -0.177. The van der Waals surface area contributed by atoms with E-state index in [4.69, 9.17) is 16.7 Å². The van der Waals surface area contributed by atoms with Gasteiger partial charge in [-0.05, 0) is 59.2 Å². The molecule has 6 rings (SSSR count). The highest BCUT2D eigenvalue weighted by molar-refractivity contribution is 9.10. The van der Waals surface area contributed by atoms with Gasteiger partial charge in [-0.15, -0.1) is 11.8 Å². The van der Waals surface area contributed by atoms with Crippen LogP contribution < -0.4 is 0 Å². The summed E-state index contributed by atoms with van der Waals surface area (Å²) in [7, 11) is 0. The fourth-order valence-electron chi connectivity index (χ4n) is 4.95. The molecule has 1 amide bonds. The van der Waals surface area contributed by atoms with Crippen LogP contribution in [0.5, 0.6) is 0 Å². The normalized spacial score (nSPS) is 15.0. The predicted octanol–water partition coefficient (Wildman–Crippen LogP) is 8.71. The zero-order valence-corrected chi connectivity index (χ0v) is 24.5. The quantitative estimate of drug-likeness (QED) is 0.168. The molecular formula is C32H24BrClFN3OS. The lowest BCUT2D eigenvalue weighted by molar-refractivity contribution is -0.130. The molecule has 1 aliphatic rings. The maximum absolute atomic E-state index is 13.7. The molecule has 8 heteroatoms. The molecule has 5 aromatic rings. The van der Waals surface area contributed by atoms with Gasteiger partial charge in [0, 0.05) is 44.5 Å². The highest BCUT2D eigenvalue weighted by Gasteiger charge is 2.33. The van der Waals surface area contributed by atoms with E-state index in [1.165, 1.54) is 23.9 Å². The number of carbonyl (C=O) groups excluding carboxylic acids is 1. The van der Waals surface area contributed by atoms with Gasteiger partial charge in [0.25, 0.3) is 5.91 Å². The molecule has 1 unspecified atom stereocenters. The molecule has 0 saturated heterocycles. The molecule has 0 fully saturated rings. The number of hydrazone groups is 1. The minimum atomic E-state index is -0.306. The van der Waals surface area contributed by atoms with E-state index in [9.17, 15) is 9.18 Å². The molecule has 0 saturated carbocycles. The first-order chi connectivity index (χ1) is 19.4. The standard InChI is InChI=1S/C32H24BrClFN3OS/c33-24-11-7-22(8-12-24)28-17-30(23-9-15-26(35)16-10-23)38(36-28)32(39)20-40-31-19-37(29-4-2-1-3-27(29)31)18-21-5-13-25(34)14-6-21/h1-16,19,30H,17-18,20H2. The van der Waals surface area contributed by atoms with E-state index >= 15 is 0 Å². The lowest BCUT2D eigenvalue weighted by Gasteiger charge is -2.22. The van der Waals surface area contributed by atoms with Crippen LogP contribution in [0.4, 0.5) is 4.39 Å². The number of carbonyl (C=O) groups is 1. The van der Waals surface area contributed by atoms with Gasteiger partial charge >= 0.3 is 0 Å². The molecule has 1 aromatic heterocycles. The Kier molecular flexibility index (Phi) is 7.78.